The molecule has 0 unspecified atom stereocenters. The number of sulfonamides is 1. The molecule has 1 aromatic heterocycles. The molecule has 0 bridgehead atoms. The van der Waals surface area contributed by atoms with Crippen molar-refractivity contribution in [3.05, 3.63) is 52.4 Å². The topological polar surface area (TPSA) is 66.5 Å². The molecule has 1 aromatic carbocycles. The third-order valence-electron chi connectivity index (χ3n) is 5.88. The van der Waals surface area contributed by atoms with Crippen molar-refractivity contribution in [3.63, 3.8) is 0 Å². The number of benzene rings is 1. The van der Waals surface area contributed by atoms with Crippen LogP contribution in [0.25, 0.3) is 0 Å². The molecule has 5 nitrogen and oxygen atoms in total. The average Bonchev–Trinajstić information content (AvgIpc) is 3.18. The van der Waals surface area contributed by atoms with E-state index in [-0.39, 0.29) is 11.9 Å². The summed E-state index contributed by atoms with van der Waals surface area (Å²) >= 11 is 7.22. The van der Waals surface area contributed by atoms with Gasteiger partial charge in [-0.1, -0.05) is 36.2 Å². The van der Waals surface area contributed by atoms with Crippen LogP contribution in [0.4, 0.5) is 0 Å². The van der Waals surface area contributed by atoms with E-state index in [0.717, 1.165) is 24.8 Å². The van der Waals surface area contributed by atoms with Crippen molar-refractivity contribution in [2.75, 3.05) is 13.1 Å². The van der Waals surface area contributed by atoms with Gasteiger partial charge in [0.25, 0.3) is 0 Å². The molecule has 0 atom stereocenters. The summed E-state index contributed by atoms with van der Waals surface area (Å²) in [6.07, 6.45) is 4.03. The Bertz CT molecular complexity index is 930. The van der Waals surface area contributed by atoms with Gasteiger partial charge in [-0.15, -0.1) is 11.3 Å². The molecule has 0 spiro atoms. The second-order valence-electron chi connectivity index (χ2n) is 7.56. The average molecular weight is 439 g/mol. The Morgan fingerprint density at radius 3 is 2.36 bits per heavy atom. The van der Waals surface area contributed by atoms with Crippen molar-refractivity contribution in [2.45, 2.75) is 47.8 Å². The van der Waals surface area contributed by atoms with Gasteiger partial charge in [-0.2, -0.15) is 0 Å². The molecule has 8 heteroatoms. The van der Waals surface area contributed by atoms with Crippen molar-refractivity contribution in [2.24, 2.45) is 0 Å². The van der Waals surface area contributed by atoms with E-state index in [9.17, 15) is 13.2 Å². The van der Waals surface area contributed by atoms with Crippen molar-refractivity contribution >= 4 is 38.9 Å². The Labute approximate surface area is 174 Å². The normalized spacial score (nSPS) is 20.0. The standard InChI is InChI=1S/C20H23ClN2O3S2/c21-16-6-4-15(5-7-16)20(10-2-11-20)19(24)23-12-8-17(9-13-23)22-28(25,26)18-3-1-14-27-18/h1,3-7,14,17,22H,2,8-13H2. The molecule has 2 aliphatic rings. The van der Waals surface area contributed by atoms with Crippen LogP contribution in [0, 0.1) is 0 Å². The van der Waals surface area contributed by atoms with Gasteiger partial charge in [0.2, 0.25) is 15.9 Å². The molecular formula is C20H23ClN2O3S2. The number of halogens is 1. The lowest BCUT2D eigenvalue weighted by atomic mass is 9.63. The molecule has 1 saturated heterocycles. The first-order valence-electron chi connectivity index (χ1n) is 9.52. The predicted molar refractivity (Wildman–Crippen MR) is 111 cm³/mol. The smallest absolute Gasteiger partial charge is 0.250 e. The van der Waals surface area contributed by atoms with Crippen LogP contribution in [0.3, 0.4) is 0 Å². The zero-order valence-corrected chi connectivity index (χ0v) is 17.8. The SMILES string of the molecule is O=C(N1CCC(NS(=O)(=O)c2cccs2)CC1)C1(c2ccc(Cl)cc2)CCC1. The van der Waals surface area contributed by atoms with E-state index < -0.39 is 15.4 Å². The number of rotatable bonds is 5. The van der Waals surface area contributed by atoms with Crippen molar-refractivity contribution in [3.8, 4) is 0 Å². The van der Waals surface area contributed by atoms with Crippen LogP contribution in [0.2, 0.25) is 5.02 Å². The summed E-state index contributed by atoms with van der Waals surface area (Å²) in [7, 11) is -3.47. The molecule has 2 aromatic rings. The van der Waals surface area contributed by atoms with E-state index in [1.807, 2.05) is 29.2 Å². The third-order valence-corrected chi connectivity index (χ3v) is 9.05. The first-order chi connectivity index (χ1) is 13.4. The number of carbonyl (C=O) groups excluding carboxylic acids is 1. The molecule has 1 N–H and O–H groups in total. The minimum atomic E-state index is -3.47. The number of nitrogens with one attached hydrogen (secondary N) is 1. The Morgan fingerprint density at radius 2 is 1.82 bits per heavy atom. The molecular weight excluding hydrogens is 416 g/mol. The van der Waals surface area contributed by atoms with Gasteiger partial charge in [-0.25, -0.2) is 13.1 Å². The molecule has 150 valence electrons. The maximum Gasteiger partial charge on any atom is 0.250 e. The summed E-state index contributed by atoms with van der Waals surface area (Å²) in [6.45, 7) is 1.15. The fraction of sp³-hybridized carbons (Fsp3) is 0.450. The van der Waals surface area contributed by atoms with Gasteiger partial charge in [-0.3, -0.25) is 4.79 Å². The lowest BCUT2D eigenvalue weighted by molar-refractivity contribution is -0.142. The molecule has 4 rings (SSSR count). The quantitative estimate of drug-likeness (QED) is 0.772. The zero-order valence-electron chi connectivity index (χ0n) is 15.4. The summed E-state index contributed by atoms with van der Waals surface area (Å²) in [4.78, 5) is 15.2. The highest BCUT2D eigenvalue weighted by molar-refractivity contribution is 7.91. The van der Waals surface area contributed by atoms with E-state index >= 15 is 0 Å². The van der Waals surface area contributed by atoms with Gasteiger partial charge in [0.05, 0.1) is 5.41 Å². The van der Waals surface area contributed by atoms with Crippen LogP contribution in [-0.2, 0) is 20.2 Å². The van der Waals surface area contributed by atoms with Gasteiger partial charge >= 0.3 is 0 Å². The van der Waals surface area contributed by atoms with Crippen molar-refractivity contribution in [1.82, 2.24) is 9.62 Å². The molecule has 1 amide bonds. The van der Waals surface area contributed by atoms with Crippen LogP contribution < -0.4 is 4.72 Å². The van der Waals surface area contributed by atoms with E-state index in [4.69, 9.17) is 11.6 Å². The number of hydrogen-bond donors (Lipinski definition) is 1. The van der Waals surface area contributed by atoms with E-state index in [2.05, 4.69) is 4.72 Å². The van der Waals surface area contributed by atoms with Gasteiger partial charge in [0, 0.05) is 24.2 Å². The molecule has 2 heterocycles. The highest BCUT2D eigenvalue weighted by atomic mass is 35.5. The Morgan fingerprint density at radius 1 is 1.14 bits per heavy atom. The molecule has 0 radical (unpaired) electrons. The third kappa shape index (κ3) is 3.73. The van der Waals surface area contributed by atoms with E-state index in [1.165, 1.54) is 11.3 Å². The van der Waals surface area contributed by atoms with Crippen LogP contribution in [0.15, 0.2) is 46.0 Å². The fourth-order valence-electron chi connectivity index (χ4n) is 4.12. The summed E-state index contributed by atoms with van der Waals surface area (Å²) < 4.78 is 28.0. The van der Waals surface area contributed by atoms with Crippen LogP contribution >= 0.6 is 22.9 Å². The Balaban J connectivity index is 1.40. The minimum absolute atomic E-state index is 0.135. The largest absolute Gasteiger partial charge is 0.342 e. The number of piperidine rings is 1. The molecule has 2 fully saturated rings. The van der Waals surface area contributed by atoms with Gasteiger partial charge in [0.15, 0.2) is 0 Å². The maximum atomic E-state index is 13.3. The maximum absolute atomic E-state index is 13.3. The number of carbonyl (C=O) groups is 1. The van der Waals surface area contributed by atoms with E-state index in [1.54, 1.807) is 17.5 Å². The number of amides is 1. The molecule has 1 aliphatic heterocycles. The Hall–Kier alpha value is -1.41. The minimum Gasteiger partial charge on any atom is -0.342 e. The second kappa shape index (κ2) is 7.78. The number of thiophene rings is 1. The molecule has 1 aliphatic carbocycles. The zero-order chi connectivity index (χ0) is 19.8. The molecule has 1 saturated carbocycles. The lowest BCUT2D eigenvalue weighted by Crippen LogP contribution is -2.54. The second-order valence-corrected chi connectivity index (χ2v) is 10.9. The summed E-state index contributed by atoms with van der Waals surface area (Å²) in [6, 6.07) is 10.8. The van der Waals surface area contributed by atoms with Gasteiger partial charge in [0.1, 0.15) is 4.21 Å². The number of likely N-dealkylation sites (tertiary alicyclic amines) is 1. The first-order valence-corrected chi connectivity index (χ1v) is 12.3. The highest BCUT2D eigenvalue weighted by Gasteiger charge is 2.48. The Kier molecular flexibility index (Phi) is 5.53. The molecule has 28 heavy (non-hydrogen) atoms. The summed E-state index contributed by atoms with van der Waals surface area (Å²) in [5.74, 6) is 0.167. The highest BCUT2D eigenvalue weighted by Crippen LogP contribution is 2.45. The van der Waals surface area contributed by atoms with Gasteiger partial charge in [-0.05, 0) is 54.8 Å². The van der Waals surface area contributed by atoms with Crippen molar-refractivity contribution < 1.29 is 13.2 Å². The lowest BCUT2D eigenvalue weighted by Gasteiger charge is -2.45. The van der Waals surface area contributed by atoms with Gasteiger partial charge < -0.3 is 4.90 Å². The van der Waals surface area contributed by atoms with E-state index in [0.29, 0.717) is 35.2 Å². The monoisotopic (exact) mass is 438 g/mol. The number of hydrogen-bond acceptors (Lipinski definition) is 4. The number of nitrogens with zero attached hydrogens (tertiary/aromatic N) is 1. The first kappa shape index (κ1) is 19.9. The summed E-state index contributed by atoms with van der Waals surface area (Å²) in [5, 5.41) is 2.43. The van der Waals surface area contributed by atoms with Crippen LogP contribution in [0.5, 0.6) is 0 Å². The summed E-state index contributed by atoms with van der Waals surface area (Å²) in [5.41, 5.74) is 0.599. The predicted octanol–water partition coefficient (Wildman–Crippen LogP) is 3.79. The van der Waals surface area contributed by atoms with Crippen LogP contribution in [0.1, 0.15) is 37.7 Å². The fourth-order valence-corrected chi connectivity index (χ4v) is 6.56. The van der Waals surface area contributed by atoms with Crippen molar-refractivity contribution in [1.29, 1.82) is 0 Å². The van der Waals surface area contributed by atoms with Crippen LogP contribution in [-0.4, -0.2) is 38.4 Å².